The molecule has 0 unspecified atom stereocenters. The van der Waals surface area contributed by atoms with Crippen LogP contribution in [0.5, 0.6) is 0 Å². The van der Waals surface area contributed by atoms with Gasteiger partial charge in [-0.05, 0) is 19.9 Å². The second-order valence-electron chi connectivity index (χ2n) is 2.02. The highest BCUT2D eigenvalue weighted by molar-refractivity contribution is 5.92. The molecule has 72 valence electrons. The van der Waals surface area contributed by atoms with Crippen molar-refractivity contribution in [2.24, 2.45) is 5.73 Å². The third-order valence-electron chi connectivity index (χ3n) is 1.02. The number of esters is 1. The van der Waals surface area contributed by atoms with Gasteiger partial charge in [0.15, 0.2) is 5.70 Å². The summed E-state index contributed by atoms with van der Waals surface area (Å²) in [5.74, 6) is -0.653. The van der Waals surface area contributed by atoms with Crippen LogP contribution in [0.25, 0.3) is 0 Å². The smallest absolute Gasteiger partial charge is 0.363 e. The lowest BCUT2D eigenvalue weighted by atomic mass is 10.4. The molecule has 0 atom stereocenters. The van der Waals surface area contributed by atoms with Crippen LogP contribution in [0.15, 0.2) is 17.5 Å². The highest BCUT2D eigenvalue weighted by Gasteiger charge is 2.10. The molecule has 0 spiro atoms. The first kappa shape index (κ1) is 11.3. The fourth-order valence-corrected chi connectivity index (χ4v) is 0.617. The highest BCUT2D eigenvalue weighted by Crippen LogP contribution is 1.91. The zero-order valence-corrected chi connectivity index (χ0v) is 7.59. The Bertz CT molecular complexity index is 265. The number of hydrogen-bond donors (Lipinski definition) is 2. The SMILES string of the molecule is CC=C=C(NC(N)=O)C(=O)OCC. The van der Waals surface area contributed by atoms with Crippen LogP contribution in [-0.2, 0) is 9.53 Å². The van der Waals surface area contributed by atoms with Crippen molar-refractivity contribution < 1.29 is 14.3 Å². The van der Waals surface area contributed by atoms with Gasteiger partial charge in [0, 0.05) is 0 Å². The van der Waals surface area contributed by atoms with E-state index in [1.54, 1.807) is 13.8 Å². The summed E-state index contributed by atoms with van der Waals surface area (Å²) in [5, 5.41) is 2.10. The average Bonchev–Trinajstić information content (AvgIpc) is 2.03. The molecule has 0 saturated carbocycles. The van der Waals surface area contributed by atoms with E-state index in [1.807, 2.05) is 0 Å². The first-order valence-corrected chi connectivity index (χ1v) is 3.76. The van der Waals surface area contributed by atoms with Crippen molar-refractivity contribution in [3.05, 3.63) is 17.5 Å². The third-order valence-corrected chi connectivity index (χ3v) is 1.02. The summed E-state index contributed by atoms with van der Waals surface area (Å²) in [4.78, 5) is 21.5. The maximum absolute atomic E-state index is 11.1. The van der Waals surface area contributed by atoms with Crippen LogP contribution in [0.4, 0.5) is 4.79 Å². The molecule has 0 aromatic rings. The van der Waals surface area contributed by atoms with Crippen molar-refractivity contribution in [1.82, 2.24) is 5.32 Å². The van der Waals surface area contributed by atoms with Gasteiger partial charge in [0.05, 0.1) is 6.61 Å². The van der Waals surface area contributed by atoms with Gasteiger partial charge in [0.2, 0.25) is 0 Å². The van der Waals surface area contributed by atoms with Crippen LogP contribution in [0.3, 0.4) is 0 Å². The molecule has 0 aliphatic carbocycles. The Morgan fingerprint density at radius 1 is 1.62 bits per heavy atom. The third kappa shape index (κ3) is 4.66. The number of carbonyl (C=O) groups excluding carboxylic acids is 2. The normalized spacial score (nSPS) is 8.15. The molecule has 0 radical (unpaired) electrons. The number of carbonyl (C=O) groups is 2. The number of amides is 2. The molecule has 5 nitrogen and oxygen atoms in total. The lowest BCUT2D eigenvalue weighted by Gasteiger charge is -2.03. The predicted octanol–water partition coefficient (Wildman–Crippen LogP) is 0.277. The molecule has 0 aliphatic rings. The van der Waals surface area contributed by atoms with Gasteiger partial charge < -0.3 is 10.5 Å². The number of hydrogen-bond acceptors (Lipinski definition) is 3. The Balaban J connectivity index is 4.53. The van der Waals surface area contributed by atoms with E-state index < -0.39 is 12.0 Å². The van der Waals surface area contributed by atoms with E-state index >= 15 is 0 Å². The van der Waals surface area contributed by atoms with Crippen LogP contribution >= 0.6 is 0 Å². The van der Waals surface area contributed by atoms with Crippen molar-refractivity contribution >= 4 is 12.0 Å². The van der Waals surface area contributed by atoms with Gasteiger partial charge in [-0.1, -0.05) is 5.73 Å². The molecular formula is C8H12N2O3. The minimum Gasteiger partial charge on any atom is -0.461 e. The number of nitrogens with one attached hydrogen (secondary N) is 1. The van der Waals surface area contributed by atoms with Crippen molar-refractivity contribution in [2.45, 2.75) is 13.8 Å². The summed E-state index contributed by atoms with van der Waals surface area (Å²) in [6.07, 6.45) is 1.47. The average molecular weight is 184 g/mol. The minimum absolute atomic E-state index is 0.0862. The molecular weight excluding hydrogens is 172 g/mol. The predicted molar refractivity (Wildman–Crippen MR) is 46.6 cm³/mol. The van der Waals surface area contributed by atoms with E-state index in [0.717, 1.165) is 0 Å². The number of urea groups is 1. The largest absolute Gasteiger partial charge is 0.461 e. The van der Waals surface area contributed by atoms with Gasteiger partial charge in [-0.2, -0.15) is 0 Å². The lowest BCUT2D eigenvalue weighted by molar-refractivity contribution is -0.138. The second kappa shape index (κ2) is 5.85. The van der Waals surface area contributed by atoms with Gasteiger partial charge in [0.1, 0.15) is 0 Å². The number of primary amides is 1. The number of ether oxygens (including phenoxy) is 1. The van der Waals surface area contributed by atoms with Crippen LogP contribution in [-0.4, -0.2) is 18.6 Å². The van der Waals surface area contributed by atoms with Gasteiger partial charge >= 0.3 is 12.0 Å². The standard InChI is InChI=1S/C8H12N2O3/c1-3-5-6(10-8(9)12)7(11)13-4-2/h3H,4H2,1-2H3,(H3,9,10,12). The van der Waals surface area contributed by atoms with Crippen molar-refractivity contribution in [1.29, 1.82) is 0 Å². The van der Waals surface area contributed by atoms with Crippen molar-refractivity contribution in [3.8, 4) is 0 Å². The molecule has 0 fully saturated rings. The zero-order valence-electron chi connectivity index (χ0n) is 7.59. The van der Waals surface area contributed by atoms with Crippen molar-refractivity contribution in [2.75, 3.05) is 6.61 Å². The maximum Gasteiger partial charge on any atom is 0.363 e. The number of rotatable bonds is 3. The summed E-state index contributed by atoms with van der Waals surface area (Å²) >= 11 is 0. The first-order valence-electron chi connectivity index (χ1n) is 3.76. The lowest BCUT2D eigenvalue weighted by Crippen LogP contribution is -2.32. The Morgan fingerprint density at radius 2 is 2.23 bits per heavy atom. The summed E-state index contributed by atoms with van der Waals surface area (Å²) in [5.41, 5.74) is 7.24. The Labute approximate surface area is 76.2 Å². The van der Waals surface area contributed by atoms with E-state index in [1.165, 1.54) is 6.08 Å². The van der Waals surface area contributed by atoms with Crippen molar-refractivity contribution in [3.63, 3.8) is 0 Å². The van der Waals surface area contributed by atoms with E-state index in [2.05, 4.69) is 15.8 Å². The molecule has 0 heterocycles. The van der Waals surface area contributed by atoms with Gasteiger partial charge in [-0.25, -0.2) is 9.59 Å². The summed E-state index contributed by atoms with van der Waals surface area (Å²) < 4.78 is 4.63. The Kier molecular flexibility index (Phi) is 5.07. The van der Waals surface area contributed by atoms with Gasteiger partial charge in [-0.15, -0.1) is 0 Å². The van der Waals surface area contributed by atoms with E-state index in [4.69, 9.17) is 5.73 Å². The van der Waals surface area contributed by atoms with E-state index in [9.17, 15) is 9.59 Å². The quantitative estimate of drug-likeness (QED) is 0.375. The topological polar surface area (TPSA) is 81.4 Å². The summed E-state index contributed by atoms with van der Waals surface area (Å²) in [6.45, 7) is 3.55. The van der Waals surface area contributed by atoms with Gasteiger partial charge in [-0.3, -0.25) is 5.32 Å². The molecule has 0 rings (SSSR count). The zero-order chi connectivity index (χ0) is 10.3. The van der Waals surface area contributed by atoms with Crippen LogP contribution in [0.1, 0.15) is 13.8 Å². The van der Waals surface area contributed by atoms with Crippen LogP contribution in [0.2, 0.25) is 0 Å². The fraction of sp³-hybridized carbons (Fsp3) is 0.375. The molecule has 5 heteroatoms. The van der Waals surface area contributed by atoms with Crippen LogP contribution in [0, 0.1) is 0 Å². The monoisotopic (exact) mass is 184 g/mol. The van der Waals surface area contributed by atoms with E-state index in [-0.39, 0.29) is 12.3 Å². The summed E-state index contributed by atoms with van der Waals surface area (Å²) in [6, 6.07) is -0.822. The molecule has 13 heavy (non-hydrogen) atoms. The molecule has 0 aliphatic heterocycles. The minimum atomic E-state index is -0.822. The first-order chi connectivity index (χ1) is 6.11. The maximum atomic E-state index is 11.1. The highest BCUT2D eigenvalue weighted by atomic mass is 16.5. The second-order valence-corrected chi connectivity index (χ2v) is 2.02. The molecule has 0 aromatic heterocycles. The Morgan fingerprint density at radius 3 is 2.62 bits per heavy atom. The van der Waals surface area contributed by atoms with Crippen LogP contribution < -0.4 is 11.1 Å². The molecule has 0 aromatic carbocycles. The Hall–Kier alpha value is -1.74. The van der Waals surface area contributed by atoms with Gasteiger partial charge in [0.25, 0.3) is 0 Å². The molecule has 0 saturated heterocycles. The molecule has 0 bridgehead atoms. The fourth-order valence-electron chi connectivity index (χ4n) is 0.617. The molecule has 3 N–H and O–H groups in total. The molecule has 2 amide bonds. The number of nitrogens with two attached hydrogens (primary N) is 1. The van der Waals surface area contributed by atoms with E-state index in [0.29, 0.717) is 0 Å². The summed E-state index contributed by atoms with van der Waals surface area (Å²) in [7, 11) is 0.